The van der Waals surface area contributed by atoms with Gasteiger partial charge < -0.3 is 4.55 Å². The van der Waals surface area contributed by atoms with Gasteiger partial charge >= 0.3 is 3.12 Å². The Morgan fingerprint density at radius 3 is 2.35 bits per heavy atom. The Labute approximate surface area is 121 Å². The molecule has 102 valence electrons. The molecule has 0 aromatic carbocycles. The van der Waals surface area contributed by atoms with E-state index in [1.807, 2.05) is 6.92 Å². The molecule has 0 amide bonds. The van der Waals surface area contributed by atoms with Gasteiger partial charge in [0, 0.05) is 16.6 Å². The van der Waals surface area contributed by atoms with E-state index in [0.717, 1.165) is 18.2 Å². The van der Waals surface area contributed by atoms with E-state index < -0.39 is 24.1 Å². The zero-order valence-corrected chi connectivity index (χ0v) is 13.3. The van der Waals surface area contributed by atoms with Crippen LogP contribution in [0.4, 0.5) is 0 Å². The summed E-state index contributed by atoms with van der Waals surface area (Å²) in [7, 11) is -3.24. The van der Waals surface area contributed by atoms with Crippen molar-refractivity contribution in [3.05, 3.63) is 11.5 Å². The van der Waals surface area contributed by atoms with Gasteiger partial charge in [-0.3, -0.25) is 0 Å². The quantitative estimate of drug-likeness (QED) is 0.406. The molecule has 0 heterocycles. The fourth-order valence-corrected chi connectivity index (χ4v) is 3.27. The van der Waals surface area contributed by atoms with Crippen molar-refractivity contribution in [2.24, 2.45) is 0 Å². The van der Waals surface area contributed by atoms with Crippen molar-refractivity contribution in [3.63, 3.8) is 0 Å². The first-order chi connectivity index (χ1) is 7.69. The molecule has 0 spiro atoms. The summed E-state index contributed by atoms with van der Waals surface area (Å²) in [5.74, 6) is 0.00124. The van der Waals surface area contributed by atoms with E-state index in [1.165, 1.54) is 6.08 Å². The third kappa shape index (κ3) is 9.45. The Balaban J connectivity index is 4.15. The van der Waals surface area contributed by atoms with Crippen molar-refractivity contribution in [1.29, 1.82) is 0 Å². The molecule has 0 saturated heterocycles. The molecule has 0 saturated carbocycles. The number of sulfone groups is 1. The summed E-state index contributed by atoms with van der Waals surface area (Å²) in [6, 6.07) is 0. The zero-order chi connectivity index (χ0) is 13.5. The van der Waals surface area contributed by atoms with Crippen LogP contribution in [0.2, 0.25) is 0 Å². The van der Waals surface area contributed by atoms with E-state index in [2.05, 4.69) is 0 Å². The molecule has 3 nitrogen and oxygen atoms in total. The van der Waals surface area contributed by atoms with Gasteiger partial charge in [0.05, 0.1) is 5.75 Å². The van der Waals surface area contributed by atoms with Crippen LogP contribution in [0.1, 0.15) is 26.2 Å². The number of rotatable bonds is 7. The van der Waals surface area contributed by atoms with Crippen LogP contribution in [0.25, 0.3) is 0 Å². The molecule has 0 aliphatic carbocycles. The van der Waals surface area contributed by atoms with Crippen molar-refractivity contribution in [2.45, 2.75) is 29.3 Å². The van der Waals surface area contributed by atoms with E-state index in [1.54, 1.807) is 0 Å². The van der Waals surface area contributed by atoms with Gasteiger partial charge in [-0.2, -0.15) is 0 Å². The van der Waals surface area contributed by atoms with Crippen LogP contribution in [-0.4, -0.2) is 27.6 Å². The minimum Gasteiger partial charge on any atom is -0.613 e. The first kappa shape index (κ1) is 17.9. The van der Waals surface area contributed by atoms with Gasteiger partial charge in [-0.15, -0.1) is 0 Å². The number of halogens is 3. The first-order valence-electron chi connectivity index (χ1n) is 5.03. The third-order valence-electron chi connectivity index (χ3n) is 1.84. The molecule has 0 rings (SSSR count). The predicted octanol–water partition coefficient (Wildman–Crippen LogP) is 3.18. The summed E-state index contributed by atoms with van der Waals surface area (Å²) < 4.78 is 32.3. The first-order valence-corrected chi connectivity index (χ1v) is 9.20. The highest BCUT2D eigenvalue weighted by Gasteiger charge is 2.34. The third-order valence-corrected chi connectivity index (χ3v) is 5.87. The standard InChI is InChI=1S/C9H15Cl3O3S2/c1-2-3-4-7-17(14,15)8-5-6-16(13)9(10,11)12/h5,8H,2-4,6-7H2,1H3. The Hall–Kier alpha value is 0.870. The predicted molar refractivity (Wildman–Crippen MR) is 75.8 cm³/mol. The average Bonchev–Trinajstić information content (AvgIpc) is 2.16. The Morgan fingerprint density at radius 1 is 1.29 bits per heavy atom. The zero-order valence-electron chi connectivity index (χ0n) is 9.37. The Bertz CT molecular complexity index is 336. The second kappa shape index (κ2) is 8.12. The monoisotopic (exact) mass is 340 g/mol. The van der Waals surface area contributed by atoms with Crippen LogP contribution in [0.5, 0.6) is 0 Å². The SMILES string of the molecule is CCCCCS(=O)(=O)C=CC[S+]([O-])C(Cl)(Cl)Cl. The second-order valence-corrected chi connectivity index (χ2v) is 10.0. The van der Waals surface area contributed by atoms with Gasteiger partial charge in [0.25, 0.3) is 0 Å². The highest BCUT2D eigenvalue weighted by atomic mass is 35.6. The summed E-state index contributed by atoms with van der Waals surface area (Å²) in [5, 5.41) is 1.04. The van der Waals surface area contributed by atoms with Crippen molar-refractivity contribution in [1.82, 2.24) is 0 Å². The molecule has 0 radical (unpaired) electrons. The molecular weight excluding hydrogens is 327 g/mol. The molecule has 0 fully saturated rings. The van der Waals surface area contributed by atoms with Crippen molar-refractivity contribution in [2.75, 3.05) is 11.5 Å². The molecule has 0 N–H and O–H groups in total. The Morgan fingerprint density at radius 2 is 1.88 bits per heavy atom. The van der Waals surface area contributed by atoms with Gasteiger partial charge in [-0.05, 0) is 47.3 Å². The maximum Gasteiger partial charge on any atom is 0.350 e. The van der Waals surface area contributed by atoms with Gasteiger partial charge in [0.1, 0.15) is 5.75 Å². The molecule has 0 aliphatic heterocycles. The molecule has 1 atom stereocenters. The topological polar surface area (TPSA) is 57.2 Å². The van der Waals surface area contributed by atoms with Gasteiger partial charge in [0.2, 0.25) is 0 Å². The maximum atomic E-state index is 11.5. The molecule has 0 bridgehead atoms. The van der Waals surface area contributed by atoms with Crippen LogP contribution in [0.3, 0.4) is 0 Å². The van der Waals surface area contributed by atoms with Crippen LogP contribution in [-0.2, 0) is 21.0 Å². The summed E-state index contributed by atoms with van der Waals surface area (Å²) >= 11 is 14.4. The van der Waals surface area contributed by atoms with Crippen molar-refractivity contribution < 1.29 is 13.0 Å². The summed E-state index contributed by atoms with van der Waals surface area (Å²) in [6.07, 6.45) is 3.71. The van der Waals surface area contributed by atoms with Crippen molar-refractivity contribution in [3.8, 4) is 0 Å². The minimum absolute atomic E-state index is 0.0937. The summed E-state index contributed by atoms with van der Waals surface area (Å²) in [5.41, 5.74) is 0. The summed E-state index contributed by atoms with van der Waals surface area (Å²) in [4.78, 5) is 0. The van der Waals surface area contributed by atoms with Crippen LogP contribution >= 0.6 is 34.8 Å². The molecule has 0 aliphatic rings. The number of hydrogen-bond donors (Lipinski definition) is 0. The van der Waals surface area contributed by atoms with Gasteiger partial charge in [-0.1, -0.05) is 19.8 Å². The van der Waals surface area contributed by atoms with Crippen molar-refractivity contribution >= 4 is 55.8 Å². The lowest BCUT2D eigenvalue weighted by Gasteiger charge is -2.15. The normalized spacial score (nSPS) is 15.4. The maximum absolute atomic E-state index is 11.5. The largest absolute Gasteiger partial charge is 0.613 e. The van der Waals surface area contributed by atoms with E-state index in [9.17, 15) is 13.0 Å². The number of hydrogen-bond acceptors (Lipinski definition) is 3. The fraction of sp³-hybridized carbons (Fsp3) is 0.778. The van der Waals surface area contributed by atoms with Crippen LogP contribution in [0, 0.1) is 0 Å². The molecular formula is C9H15Cl3O3S2. The van der Waals surface area contributed by atoms with E-state index in [-0.39, 0.29) is 11.5 Å². The smallest absolute Gasteiger partial charge is 0.350 e. The molecule has 0 aromatic rings. The lowest BCUT2D eigenvalue weighted by atomic mass is 10.3. The van der Waals surface area contributed by atoms with Gasteiger partial charge in [-0.25, -0.2) is 8.42 Å². The second-order valence-electron chi connectivity index (χ2n) is 3.40. The highest BCUT2D eigenvalue weighted by molar-refractivity contribution is 7.97. The lowest BCUT2D eigenvalue weighted by molar-refractivity contribution is 0.598. The average molecular weight is 342 g/mol. The number of alkyl halides is 3. The lowest BCUT2D eigenvalue weighted by Crippen LogP contribution is -2.21. The van der Waals surface area contributed by atoms with E-state index >= 15 is 0 Å². The van der Waals surface area contributed by atoms with Crippen LogP contribution < -0.4 is 0 Å². The fourth-order valence-electron chi connectivity index (χ4n) is 0.989. The molecule has 17 heavy (non-hydrogen) atoms. The highest BCUT2D eigenvalue weighted by Crippen LogP contribution is 2.33. The van der Waals surface area contributed by atoms with E-state index in [0.29, 0.717) is 6.42 Å². The number of unbranched alkanes of at least 4 members (excludes halogenated alkanes) is 2. The molecule has 1 unspecified atom stereocenters. The summed E-state index contributed by atoms with van der Waals surface area (Å²) in [6.45, 7) is 1.99. The van der Waals surface area contributed by atoms with E-state index in [4.69, 9.17) is 34.8 Å². The van der Waals surface area contributed by atoms with Gasteiger partial charge in [0.15, 0.2) is 9.84 Å². The Kier molecular flexibility index (Phi) is 8.54. The van der Waals surface area contributed by atoms with Crippen LogP contribution in [0.15, 0.2) is 11.5 Å². The molecule has 8 heteroatoms. The molecule has 0 aromatic heterocycles. The minimum atomic E-state index is -3.24.